The minimum Gasteiger partial charge on any atom is -0.356 e. The Kier molecular flexibility index (Phi) is 5.03. The third kappa shape index (κ3) is 3.78. The molecule has 154 valence electrons. The maximum absolute atomic E-state index is 12.9. The minimum atomic E-state index is -4.46. The van der Waals surface area contributed by atoms with Gasteiger partial charge in [-0.15, -0.1) is 11.3 Å². The third-order valence-corrected chi connectivity index (χ3v) is 6.02. The van der Waals surface area contributed by atoms with E-state index in [0.29, 0.717) is 41.2 Å². The van der Waals surface area contributed by atoms with E-state index in [4.69, 9.17) is 0 Å². The van der Waals surface area contributed by atoms with Crippen LogP contribution in [0.3, 0.4) is 0 Å². The number of alkyl halides is 3. The summed E-state index contributed by atoms with van der Waals surface area (Å²) in [5.74, 6) is 0.352. The third-order valence-electron chi connectivity index (χ3n) is 5.02. The van der Waals surface area contributed by atoms with Gasteiger partial charge in [0.1, 0.15) is 5.82 Å². The van der Waals surface area contributed by atoms with Gasteiger partial charge >= 0.3 is 6.18 Å². The van der Waals surface area contributed by atoms with Crippen LogP contribution in [0.2, 0.25) is 0 Å². The molecule has 0 bridgehead atoms. The molecule has 0 N–H and O–H groups in total. The van der Waals surface area contributed by atoms with E-state index in [-0.39, 0.29) is 17.2 Å². The van der Waals surface area contributed by atoms with Gasteiger partial charge in [-0.05, 0) is 25.0 Å². The fourth-order valence-electron chi connectivity index (χ4n) is 3.56. The molecule has 4 rings (SSSR count). The molecule has 30 heavy (non-hydrogen) atoms. The first-order valence-corrected chi connectivity index (χ1v) is 9.91. The molecule has 1 saturated heterocycles. The first-order valence-electron chi connectivity index (χ1n) is 9.03. The van der Waals surface area contributed by atoms with Crippen molar-refractivity contribution in [2.75, 3.05) is 18.0 Å². The van der Waals surface area contributed by atoms with Crippen molar-refractivity contribution in [1.82, 2.24) is 9.97 Å². The van der Waals surface area contributed by atoms with Crippen LogP contribution in [0.5, 0.6) is 0 Å². The topological polar surface area (TPSA) is 96.0 Å². The van der Waals surface area contributed by atoms with Gasteiger partial charge in [-0.2, -0.15) is 18.4 Å². The highest BCUT2D eigenvalue weighted by atomic mass is 32.1. The number of piperidine rings is 1. The molecule has 1 aliphatic heterocycles. The van der Waals surface area contributed by atoms with Crippen molar-refractivity contribution >= 4 is 33.7 Å². The van der Waals surface area contributed by atoms with Gasteiger partial charge in [-0.25, -0.2) is 9.97 Å². The molecule has 0 saturated carbocycles. The average molecular weight is 433 g/mol. The number of aromatic nitrogens is 2. The predicted molar refractivity (Wildman–Crippen MR) is 104 cm³/mol. The number of nitro groups is 1. The Morgan fingerprint density at radius 1 is 1.30 bits per heavy atom. The maximum Gasteiger partial charge on any atom is 0.434 e. The highest BCUT2D eigenvalue weighted by Gasteiger charge is 2.35. The van der Waals surface area contributed by atoms with E-state index in [0.717, 1.165) is 23.1 Å². The van der Waals surface area contributed by atoms with Crippen LogP contribution in [-0.4, -0.2) is 28.0 Å². The number of benzene rings is 1. The fourth-order valence-corrected chi connectivity index (χ4v) is 4.51. The lowest BCUT2D eigenvalue weighted by Crippen LogP contribution is -2.35. The van der Waals surface area contributed by atoms with Crippen molar-refractivity contribution in [2.24, 2.45) is 0 Å². The molecule has 1 aromatic carbocycles. The Balaban J connectivity index is 1.65. The van der Waals surface area contributed by atoms with Crippen LogP contribution >= 0.6 is 11.3 Å². The maximum atomic E-state index is 12.9. The largest absolute Gasteiger partial charge is 0.434 e. The van der Waals surface area contributed by atoms with Crippen molar-refractivity contribution in [1.29, 1.82) is 5.26 Å². The Morgan fingerprint density at radius 3 is 2.77 bits per heavy atom. The van der Waals surface area contributed by atoms with Crippen molar-refractivity contribution in [3.8, 4) is 6.07 Å². The van der Waals surface area contributed by atoms with Gasteiger partial charge in [0.05, 0.1) is 27.1 Å². The zero-order valence-corrected chi connectivity index (χ0v) is 16.2. The summed E-state index contributed by atoms with van der Waals surface area (Å²) in [5, 5.41) is 22.4. The van der Waals surface area contributed by atoms with E-state index in [1.54, 1.807) is 6.07 Å². The lowest BCUT2D eigenvalue weighted by molar-refractivity contribution is -0.384. The second kappa shape index (κ2) is 7.53. The van der Waals surface area contributed by atoms with Crippen LogP contribution in [0, 0.1) is 21.4 Å². The summed E-state index contributed by atoms with van der Waals surface area (Å²) in [6, 6.07) is 7.76. The molecule has 0 aliphatic carbocycles. The summed E-state index contributed by atoms with van der Waals surface area (Å²) in [5.41, 5.74) is -0.299. The minimum absolute atomic E-state index is 0.129. The summed E-state index contributed by atoms with van der Waals surface area (Å²) in [7, 11) is 0. The number of fused-ring (bicyclic) bond motifs is 1. The summed E-state index contributed by atoms with van der Waals surface area (Å²) in [4.78, 5) is 20.7. The van der Waals surface area contributed by atoms with Crippen LogP contribution in [0.15, 0.2) is 29.6 Å². The second-order valence-corrected chi connectivity index (χ2v) is 7.84. The molecule has 1 fully saturated rings. The SMILES string of the molecule is N#Cc1cc(N2CCCC(c3nc(C(F)(F)F)cs3)C2)nc2ccc([N+](=O)[O-])cc12. The van der Waals surface area contributed by atoms with Crippen molar-refractivity contribution < 1.29 is 18.1 Å². The lowest BCUT2D eigenvalue weighted by Gasteiger charge is -2.33. The molecule has 0 amide bonds. The molecule has 1 atom stereocenters. The summed E-state index contributed by atoms with van der Waals surface area (Å²) < 4.78 is 38.6. The zero-order chi connectivity index (χ0) is 21.5. The second-order valence-electron chi connectivity index (χ2n) is 6.95. The number of halogens is 3. The summed E-state index contributed by atoms with van der Waals surface area (Å²) in [6.07, 6.45) is -3.01. The normalized spacial score (nSPS) is 17.1. The molecule has 11 heteroatoms. The monoisotopic (exact) mass is 433 g/mol. The highest BCUT2D eigenvalue weighted by Crippen LogP contribution is 2.36. The van der Waals surface area contributed by atoms with Crippen LogP contribution < -0.4 is 4.90 Å². The molecule has 7 nitrogen and oxygen atoms in total. The molecular weight excluding hydrogens is 419 g/mol. The number of hydrogen-bond donors (Lipinski definition) is 0. The van der Waals surface area contributed by atoms with Gasteiger partial charge < -0.3 is 4.90 Å². The Bertz CT molecular complexity index is 1170. The van der Waals surface area contributed by atoms with E-state index in [1.165, 1.54) is 18.2 Å². The lowest BCUT2D eigenvalue weighted by atomic mass is 9.98. The van der Waals surface area contributed by atoms with Crippen LogP contribution in [0.25, 0.3) is 10.9 Å². The number of pyridine rings is 1. The molecule has 3 heterocycles. The number of thiazole rings is 1. The van der Waals surface area contributed by atoms with Gasteiger partial charge in [0.25, 0.3) is 5.69 Å². The molecule has 3 aromatic rings. The summed E-state index contributed by atoms with van der Waals surface area (Å²) >= 11 is 1.00. The van der Waals surface area contributed by atoms with E-state index in [9.17, 15) is 28.5 Å². The van der Waals surface area contributed by atoms with Crippen molar-refractivity contribution in [3.05, 3.63) is 56.0 Å². The fraction of sp³-hybridized carbons (Fsp3) is 0.316. The van der Waals surface area contributed by atoms with Crippen molar-refractivity contribution in [2.45, 2.75) is 24.9 Å². The molecule has 2 aromatic heterocycles. The number of anilines is 1. The smallest absolute Gasteiger partial charge is 0.356 e. The van der Waals surface area contributed by atoms with Crippen LogP contribution in [0.1, 0.15) is 35.0 Å². The van der Waals surface area contributed by atoms with Crippen LogP contribution in [-0.2, 0) is 6.18 Å². The molecule has 0 radical (unpaired) electrons. The molecule has 1 aliphatic rings. The van der Waals surface area contributed by atoms with E-state index in [2.05, 4.69) is 16.0 Å². The molecule has 0 spiro atoms. The van der Waals surface area contributed by atoms with Crippen molar-refractivity contribution in [3.63, 3.8) is 0 Å². The van der Waals surface area contributed by atoms with E-state index >= 15 is 0 Å². The average Bonchev–Trinajstić information content (AvgIpc) is 3.23. The standard InChI is InChI=1S/C19H14F3N5O2S/c20-19(21,22)16-10-30-18(25-16)11-2-1-5-26(9-11)17-6-12(8-23)14-7-13(27(28)29)3-4-15(14)24-17/h3-4,6-7,10-11H,1-2,5,9H2. The molecule has 1 unspecified atom stereocenters. The quantitative estimate of drug-likeness (QED) is 0.432. The number of rotatable bonds is 3. The predicted octanol–water partition coefficient (Wildman–Crippen LogP) is 4.87. The number of nitrogens with zero attached hydrogens (tertiary/aromatic N) is 5. The summed E-state index contributed by atoms with van der Waals surface area (Å²) in [6.45, 7) is 1.07. The Hall–Kier alpha value is -3.26. The Labute approximate surface area is 172 Å². The van der Waals surface area contributed by atoms with Gasteiger partial charge in [0.2, 0.25) is 0 Å². The van der Waals surface area contributed by atoms with Crippen LogP contribution in [0.4, 0.5) is 24.7 Å². The van der Waals surface area contributed by atoms with Gasteiger partial charge in [-0.3, -0.25) is 10.1 Å². The first kappa shape index (κ1) is 20.0. The van der Waals surface area contributed by atoms with E-state index < -0.39 is 16.8 Å². The number of non-ortho nitro benzene ring substituents is 1. The van der Waals surface area contributed by atoms with E-state index in [1.807, 2.05) is 4.90 Å². The van der Waals surface area contributed by atoms with Gasteiger partial charge in [0, 0.05) is 41.9 Å². The Morgan fingerprint density at radius 2 is 2.10 bits per heavy atom. The molecular formula is C19H14F3N5O2S. The van der Waals surface area contributed by atoms with Gasteiger partial charge in [0.15, 0.2) is 5.69 Å². The zero-order valence-electron chi connectivity index (χ0n) is 15.4. The van der Waals surface area contributed by atoms with Gasteiger partial charge in [-0.1, -0.05) is 0 Å². The number of nitriles is 1. The number of nitro benzene ring substituents is 1. The highest BCUT2D eigenvalue weighted by molar-refractivity contribution is 7.09. The number of hydrogen-bond acceptors (Lipinski definition) is 7. The first-order chi connectivity index (χ1) is 14.3.